The van der Waals surface area contributed by atoms with Gasteiger partial charge in [0.2, 0.25) is 21.8 Å². The highest BCUT2D eigenvalue weighted by atomic mass is 32.2. The van der Waals surface area contributed by atoms with E-state index in [-0.39, 0.29) is 5.69 Å². The number of fused-ring (bicyclic) bond motifs is 1. The number of anilines is 1. The fraction of sp³-hybridized carbons (Fsp3) is 0.111. The summed E-state index contributed by atoms with van der Waals surface area (Å²) in [4.78, 5) is 0. The van der Waals surface area contributed by atoms with Crippen LogP contribution in [0.25, 0.3) is 33.6 Å². The lowest BCUT2D eigenvalue weighted by Crippen LogP contribution is -2.10. The van der Waals surface area contributed by atoms with Gasteiger partial charge in [-0.3, -0.25) is 4.72 Å². The van der Waals surface area contributed by atoms with Gasteiger partial charge in [-0.2, -0.15) is 0 Å². The lowest BCUT2D eigenvalue weighted by molar-refractivity contribution is 0.533. The van der Waals surface area contributed by atoms with E-state index in [2.05, 4.69) is 14.9 Å². The number of halogens is 1. The number of benzene rings is 2. The van der Waals surface area contributed by atoms with Crippen LogP contribution in [0.2, 0.25) is 0 Å². The molecule has 2 heterocycles. The summed E-state index contributed by atoms with van der Waals surface area (Å²) in [5.74, 6) is 0.143. The van der Waals surface area contributed by atoms with Crippen LogP contribution >= 0.6 is 0 Å². The Kier molecular flexibility index (Phi) is 3.96. The van der Waals surface area contributed by atoms with Crippen molar-refractivity contribution in [1.82, 2.24) is 10.2 Å². The number of rotatable bonds is 4. The average Bonchev–Trinajstić information content (AvgIpc) is 3.21. The Bertz CT molecular complexity index is 1260. The minimum absolute atomic E-state index is 0.115. The molecule has 0 amide bonds. The highest BCUT2D eigenvalue weighted by Crippen LogP contribution is 2.34. The number of sulfonamides is 1. The van der Waals surface area contributed by atoms with E-state index in [0.717, 1.165) is 11.6 Å². The summed E-state index contributed by atoms with van der Waals surface area (Å²) in [6.07, 6.45) is 2.48. The third-order valence-electron chi connectivity index (χ3n) is 3.92. The number of hydrogen-bond acceptors (Lipinski definition) is 6. The fourth-order valence-corrected chi connectivity index (χ4v) is 3.33. The Morgan fingerprint density at radius 2 is 1.85 bits per heavy atom. The van der Waals surface area contributed by atoms with Crippen molar-refractivity contribution in [2.45, 2.75) is 6.92 Å². The maximum Gasteiger partial charge on any atom is 0.247 e. The SMILES string of the molecule is Cc1nnc(-c2ccc3occ(-c4ccc(NS(C)(=O)=O)c(F)c4)c3c2)o1. The second kappa shape index (κ2) is 6.20. The van der Waals surface area contributed by atoms with E-state index >= 15 is 0 Å². The van der Waals surface area contributed by atoms with Crippen LogP contribution in [0, 0.1) is 12.7 Å². The Labute approximate surface area is 153 Å². The molecular weight excluding hydrogens is 373 g/mol. The zero-order valence-electron chi connectivity index (χ0n) is 14.4. The first-order chi connectivity index (χ1) is 12.8. The van der Waals surface area contributed by atoms with E-state index in [1.165, 1.54) is 18.4 Å². The molecule has 0 spiro atoms. The zero-order valence-corrected chi connectivity index (χ0v) is 15.2. The topological polar surface area (TPSA) is 98.2 Å². The maximum atomic E-state index is 14.3. The molecule has 0 saturated carbocycles. The van der Waals surface area contributed by atoms with E-state index in [0.29, 0.717) is 34.1 Å². The molecule has 138 valence electrons. The molecule has 4 aromatic rings. The first-order valence-electron chi connectivity index (χ1n) is 7.89. The van der Waals surface area contributed by atoms with Crippen LogP contribution in [0.5, 0.6) is 0 Å². The number of nitrogens with zero attached hydrogens (tertiary/aromatic N) is 2. The van der Waals surface area contributed by atoms with Gasteiger partial charge in [-0.05, 0) is 35.9 Å². The standard InChI is InChI=1S/C18H14FN3O4S/c1-10-20-21-18(26-10)12-4-6-17-13(7-12)14(9-25-17)11-3-5-16(15(19)8-11)22-27(2,23)24/h3-9,22H,1-2H3. The summed E-state index contributed by atoms with van der Waals surface area (Å²) in [6, 6.07) is 9.62. The molecule has 1 N–H and O–H groups in total. The van der Waals surface area contributed by atoms with Crippen LogP contribution in [0.15, 0.2) is 51.5 Å². The van der Waals surface area contributed by atoms with E-state index in [4.69, 9.17) is 8.83 Å². The van der Waals surface area contributed by atoms with Crippen LogP contribution in [0.4, 0.5) is 10.1 Å². The number of furan rings is 1. The van der Waals surface area contributed by atoms with Crippen molar-refractivity contribution in [3.05, 3.63) is 54.4 Å². The van der Waals surface area contributed by atoms with E-state index in [1.54, 1.807) is 25.1 Å². The van der Waals surface area contributed by atoms with Crippen molar-refractivity contribution in [3.63, 3.8) is 0 Å². The van der Waals surface area contributed by atoms with Crippen LogP contribution in [0.3, 0.4) is 0 Å². The minimum Gasteiger partial charge on any atom is -0.464 e. The lowest BCUT2D eigenvalue weighted by atomic mass is 10.0. The normalized spacial score (nSPS) is 11.8. The molecule has 2 aromatic heterocycles. The molecule has 0 atom stereocenters. The molecular formula is C18H14FN3O4S. The van der Waals surface area contributed by atoms with Crippen molar-refractivity contribution >= 4 is 26.7 Å². The highest BCUT2D eigenvalue weighted by Gasteiger charge is 2.15. The summed E-state index contributed by atoms with van der Waals surface area (Å²) >= 11 is 0. The van der Waals surface area contributed by atoms with Crippen molar-refractivity contribution in [2.24, 2.45) is 0 Å². The minimum atomic E-state index is -3.57. The van der Waals surface area contributed by atoms with Gasteiger partial charge < -0.3 is 8.83 Å². The zero-order chi connectivity index (χ0) is 19.2. The molecule has 0 unspecified atom stereocenters. The van der Waals surface area contributed by atoms with Gasteiger partial charge in [0.15, 0.2) is 0 Å². The molecule has 0 aliphatic rings. The lowest BCUT2D eigenvalue weighted by Gasteiger charge is -2.07. The van der Waals surface area contributed by atoms with Crippen molar-refractivity contribution in [2.75, 3.05) is 11.0 Å². The van der Waals surface area contributed by atoms with Gasteiger partial charge in [-0.1, -0.05) is 6.07 Å². The van der Waals surface area contributed by atoms with Crippen LogP contribution in [0.1, 0.15) is 5.89 Å². The molecule has 0 bridgehead atoms. The maximum absolute atomic E-state index is 14.3. The van der Waals surface area contributed by atoms with Gasteiger partial charge in [0.05, 0.1) is 18.2 Å². The van der Waals surface area contributed by atoms with Crippen LogP contribution in [-0.2, 0) is 10.0 Å². The molecule has 0 aliphatic heterocycles. The number of nitrogens with one attached hydrogen (secondary N) is 1. The van der Waals surface area contributed by atoms with Crippen LogP contribution in [-0.4, -0.2) is 24.9 Å². The van der Waals surface area contributed by atoms with Gasteiger partial charge in [0.25, 0.3) is 0 Å². The quantitative estimate of drug-likeness (QED) is 0.569. The third-order valence-corrected chi connectivity index (χ3v) is 4.51. The average molecular weight is 387 g/mol. The number of hydrogen-bond donors (Lipinski definition) is 1. The number of aryl methyl sites for hydroxylation is 1. The number of aromatic nitrogens is 2. The van der Waals surface area contributed by atoms with Gasteiger partial charge in [0.1, 0.15) is 11.4 Å². The summed E-state index contributed by atoms with van der Waals surface area (Å²) in [5, 5.41) is 8.56. The second-order valence-electron chi connectivity index (χ2n) is 6.06. The molecule has 9 heteroatoms. The summed E-state index contributed by atoms with van der Waals surface area (Å²) in [5.41, 5.74) is 2.42. The van der Waals surface area contributed by atoms with Gasteiger partial charge in [0, 0.05) is 23.4 Å². The Hall–Kier alpha value is -3.20. The molecule has 7 nitrogen and oxygen atoms in total. The fourth-order valence-electron chi connectivity index (χ4n) is 2.76. The van der Waals surface area contributed by atoms with Crippen LogP contribution < -0.4 is 4.72 Å². The predicted molar refractivity (Wildman–Crippen MR) is 98.1 cm³/mol. The van der Waals surface area contributed by atoms with Crippen molar-refractivity contribution in [3.8, 4) is 22.6 Å². The van der Waals surface area contributed by atoms with Gasteiger partial charge in [-0.25, -0.2) is 12.8 Å². The molecule has 0 fully saturated rings. The first kappa shape index (κ1) is 17.2. The first-order valence-corrected chi connectivity index (χ1v) is 9.79. The molecule has 2 aromatic carbocycles. The molecule has 27 heavy (non-hydrogen) atoms. The molecule has 0 aliphatic carbocycles. The predicted octanol–water partition coefficient (Wildman–Crippen LogP) is 3.97. The largest absolute Gasteiger partial charge is 0.464 e. The second-order valence-corrected chi connectivity index (χ2v) is 7.80. The van der Waals surface area contributed by atoms with Gasteiger partial charge >= 0.3 is 0 Å². The van der Waals surface area contributed by atoms with E-state index < -0.39 is 15.8 Å². The van der Waals surface area contributed by atoms with Gasteiger partial charge in [-0.15, -0.1) is 10.2 Å². The van der Waals surface area contributed by atoms with Crippen molar-refractivity contribution in [1.29, 1.82) is 0 Å². The van der Waals surface area contributed by atoms with Crippen molar-refractivity contribution < 1.29 is 21.6 Å². The smallest absolute Gasteiger partial charge is 0.247 e. The Morgan fingerprint density at radius 1 is 1.07 bits per heavy atom. The highest BCUT2D eigenvalue weighted by molar-refractivity contribution is 7.92. The Balaban J connectivity index is 1.78. The summed E-state index contributed by atoms with van der Waals surface area (Å²) in [6.45, 7) is 1.70. The van der Waals surface area contributed by atoms with E-state index in [9.17, 15) is 12.8 Å². The molecule has 0 saturated heterocycles. The monoisotopic (exact) mass is 387 g/mol. The third kappa shape index (κ3) is 3.41. The Morgan fingerprint density at radius 3 is 2.52 bits per heavy atom. The van der Waals surface area contributed by atoms with E-state index in [1.807, 2.05) is 6.07 Å². The molecule has 0 radical (unpaired) electrons. The summed E-state index contributed by atoms with van der Waals surface area (Å²) in [7, 11) is -3.57. The molecule has 4 rings (SSSR count). The summed E-state index contributed by atoms with van der Waals surface area (Å²) < 4.78 is 50.1.